The van der Waals surface area contributed by atoms with E-state index in [1.165, 1.54) is 18.6 Å². The molecule has 4 aliphatic heterocycles. The first-order valence-electron chi connectivity index (χ1n) is 25.3. The first kappa shape index (κ1) is 63.6. The van der Waals surface area contributed by atoms with E-state index >= 15 is 0 Å². The van der Waals surface area contributed by atoms with Gasteiger partial charge in [-0.2, -0.15) is 8.42 Å². The highest BCUT2D eigenvalue weighted by molar-refractivity contribution is 7.80. The highest BCUT2D eigenvalue weighted by Gasteiger charge is 2.56. The van der Waals surface area contributed by atoms with Crippen LogP contribution in [0.1, 0.15) is 83.0 Å². The zero-order chi connectivity index (χ0) is 56.6. The molecule has 0 radical (unpaired) electrons. The molecule has 4 saturated heterocycles. The van der Waals surface area contributed by atoms with Crippen LogP contribution in [0.5, 0.6) is 5.75 Å². The van der Waals surface area contributed by atoms with Crippen molar-refractivity contribution in [2.24, 2.45) is 0 Å². The molecule has 19 atom stereocenters. The predicted octanol–water partition coefficient (Wildman–Crippen LogP) is -4.24. The van der Waals surface area contributed by atoms with Crippen molar-refractivity contribution >= 4 is 34.0 Å². The largest absolute Gasteiger partial charge is 0.494 e. The van der Waals surface area contributed by atoms with Gasteiger partial charge in [0.1, 0.15) is 97.1 Å². The Labute approximate surface area is 445 Å². The zero-order valence-electron chi connectivity index (χ0n) is 43.0. The van der Waals surface area contributed by atoms with Crippen molar-refractivity contribution in [3.63, 3.8) is 0 Å². The van der Waals surface area contributed by atoms with Gasteiger partial charge in [-0.05, 0) is 31.0 Å². The highest BCUT2D eigenvalue weighted by Crippen LogP contribution is 2.34. The Bertz CT molecular complexity index is 2240. The molecule has 436 valence electrons. The fourth-order valence-electron chi connectivity index (χ4n) is 9.15. The molecule has 4 fully saturated rings. The lowest BCUT2D eigenvalue weighted by molar-refractivity contribution is -0.358. The summed E-state index contributed by atoms with van der Waals surface area (Å²) in [6, 6.07) is -0.129. The van der Waals surface area contributed by atoms with Gasteiger partial charge in [-0.1, -0.05) is 32.3 Å². The van der Waals surface area contributed by atoms with Crippen molar-refractivity contribution in [2.75, 3.05) is 39.6 Å². The van der Waals surface area contributed by atoms with E-state index in [4.69, 9.17) is 37.9 Å². The van der Waals surface area contributed by atoms with E-state index in [0.29, 0.717) is 25.2 Å². The molecule has 4 amide bonds. The lowest BCUT2D eigenvalue weighted by Crippen LogP contribution is -2.71. The summed E-state index contributed by atoms with van der Waals surface area (Å²) in [6.07, 6.45) is -19.9. The van der Waals surface area contributed by atoms with Gasteiger partial charge in [-0.25, -0.2) is 4.18 Å². The van der Waals surface area contributed by atoms with E-state index in [1.807, 2.05) is 0 Å². The number of carbonyl (C=O) groups excluding carboxylic acids is 4. The summed E-state index contributed by atoms with van der Waals surface area (Å²) >= 11 is 0. The molecular formula is C48H74N4O24S. The Morgan fingerprint density at radius 1 is 0.636 bits per heavy atom. The summed E-state index contributed by atoms with van der Waals surface area (Å²) in [4.78, 5) is 51.1. The fourth-order valence-corrected chi connectivity index (χ4v) is 9.45. The second kappa shape index (κ2) is 30.4. The molecule has 4 aliphatic rings. The summed E-state index contributed by atoms with van der Waals surface area (Å²) in [5, 5.41) is 98.8. The monoisotopic (exact) mass is 1120 g/mol. The van der Waals surface area contributed by atoms with Crippen molar-refractivity contribution < 1.29 is 115 Å². The summed E-state index contributed by atoms with van der Waals surface area (Å²) < 4.78 is 84.3. The van der Waals surface area contributed by atoms with Gasteiger partial charge in [-0.15, -0.1) is 11.8 Å². The van der Waals surface area contributed by atoms with Gasteiger partial charge in [-0.3, -0.25) is 23.7 Å². The highest BCUT2D eigenvalue weighted by atomic mass is 32.3. The fraction of sp³-hybridized carbons (Fsp3) is 0.750. The number of amides is 4. The van der Waals surface area contributed by atoms with Crippen LogP contribution >= 0.6 is 0 Å². The summed E-state index contributed by atoms with van der Waals surface area (Å²) in [7, 11) is -5.06. The molecule has 0 saturated carbocycles. The molecule has 1 aromatic carbocycles. The first-order valence-corrected chi connectivity index (χ1v) is 26.7. The molecule has 9 unspecified atom stereocenters. The second-order valence-electron chi connectivity index (χ2n) is 18.9. The SMILES string of the molecule is CCCCCCC#CCCCOc1cccc(C(=O)N[C@@H]2C(O[C@H]3C(O)C(NC(C)=O)C(OC4C(CO)O[C@@H](O[C@H]5C(O)C(NC(C)=O)CO[C@H]5COS(=O)(=O)O)[C@@H](NC(C)=O)[C@H]4O)O[C@H]3CO)OC(CO)[C@@H](O)[C@@H]2O)c1. The molecule has 0 aliphatic carbocycles. The number of ether oxygens (including phenoxy) is 8. The van der Waals surface area contributed by atoms with Crippen molar-refractivity contribution in [3.05, 3.63) is 29.8 Å². The minimum Gasteiger partial charge on any atom is -0.494 e. The van der Waals surface area contributed by atoms with Crippen LogP contribution in [0.15, 0.2) is 24.3 Å². The number of aliphatic hydroxyl groups excluding tert-OH is 8. The quantitative estimate of drug-likeness (QED) is 0.0251. The average Bonchev–Trinajstić information content (AvgIpc) is 3.38. The smallest absolute Gasteiger partial charge is 0.397 e. The van der Waals surface area contributed by atoms with E-state index in [2.05, 4.69) is 44.2 Å². The van der Waals surface area contributed by atoms with Crippen LogP contribution in [-0.4, -0.2) is 233 Å². The third kappa shape index (κ3) is 18.1. The Hall–Kier alpha value is -4.27. The van der Waals surface area contributed by atoms with Crippen LogP contribution in [0.2, 0.25) is 0 Å². The molecule has 29 heteroatoms. The van der Waals surface area contributed by atoms with Crippen LogP contribution in [0.4, 0.5) is 0 Å². The molecule has 1 aromatic rings. The normalized spacial score (nSPS) is 34.4. The second-order valence-corrected chi connectivity index (χ2v) is 20.0. The lowest BCUT2D eigenvalue weighted by atomic mass is 9.93. The number of nitrogens with one attached hydrogen (secondary N) is 4. The molecule has 77 heavy (non-hydrogen) atoms. The summed E-state index contributed by atoms with van der Waals surface area (Å²) in [6.45, 7) is 1.51. The van der Waals surface area contributed by atoms with Gasteiger partial charge >= 0.3 is 10.4 Å². The van der Waals surface area contributed by atoms with E-state index in [0.717, 1.165) is 46.5 Å². The molecule has 13 N–H and O–H groups in total. The molecule has 5 rings (SSSR count). The Balaban J connectivity index is 1.34. The van der Waals surface area contributed by atoms with Gasteiger partial charge in [0.05, 0.1) is 45.7 Å². The Morgan fingerprint density at radius 2 is 1.14 bits per heavy atom. The number of unbranched alkanes of at least 4 members (excludes halogenated alkanes) is 5. The minimum absolute atomic E-state index is 0.0541. The Kier molecular flexibility index (Phi) is 25.1. The molecule has 4 heterocycles. The minimum atomic E-state index is -5.06. The van der Waals surface area contributed by atoms with Crippen LogP contribution in [-0.2, 0) is 62.1 Å². The van der Waals surface area contributed by atoms with Crippen molar-refractivity contribution in [1.82, 2.24) is 21.3 Å². The molecule has 0 aromatic heterocycles. The summed E-state index contributed by atoms with van der Waals surface area (Å²) in [5.41, 5.74) is 0.0541. The van der Waals surface area contributed by atoms with Crippen molar-refractivity contribution in [2.45, 2.75) is 189 Å². The maximum Gasteiger partial charge on any atom is 0.397 e. The number of carbonyl (C=O) groups is 4. The lowest BCUT2D eigenvalue weighted by Gasteiger charge is -2.50. The molecule has 0 bridgehead atoms. The molecule has 28 nitrogen and oxygen atoms in total. The number of aliphatic hydroxyl groups is 8. The van der Waals surface area contributed by atoms with Crippen LogP contribution in [0, 0.1) is 11.8 Å². The maximum absolute atomic E-state index is 13.8. The number of benzene rings is 1. The average molecular weight is 1120 g/mol. The van der Waals surface area contributed by atoms with Gasteiger partial charge in [0.15, 0.2) is 18.9 Å². The predicted molar refractivity (Wildman–Crippen MR) is 261 cm³/mol. The first-order chi connectivity index (χ1) is 36.6. The molecular weight excluding hydrogens is 1050 g/mol. The van der Waals surface area contributed by atoms with Gasteiger partial charge in [0, 0.05) is 39.2 Å². The van der Waals surface area contributed by atoms with Gasteiger partial charge < -0.3 is 100 Å². The van der Waals surface area contributed by atoms with Gasteiger partial charge in [0.25, 0.3) is 5.91 Å². The topological polar surface area (TPSA) is 416 Å². The zero-order valence-corrected chi connectivity index (χ0v) is 43.8. The van der Waals surface area contributed by atoms with Crippen LogP contribution < -0.4 is 26.0 Å². The number of hydrogen-bond donors (Lipinski definition) is 13. The van der Waals surface area contributed by atoms with Crippen LogP contribution in [0.25, 0.3) is 0 Å². The van der Waals surface area contributed by atoms with Crippen molar-refractivity contribution in [3.8, 4) is 17.6 Å². The van der Waals surface area contributed by atoms with E-state index in [1.54, 1.807) is 12.1 Å². The third-order valence-electron chi connectivity index (χ3n) is 13.0. The summed E-state index contributed by atoms with van der Waals surface area (Å²) in [5.74, 6) is 3.64. The Morgan fingerprint density at radius 3 is 1.65 bits per heavy atom. The van der Waals surface area contributed by atoms with E-state index in [9.17, 15) is 73.0 Å². The number of hydrogen-bond acceptors (Lipinski definition) is 23. The van der Waals surface area contributed by atoms with E-state index in [-0.39, 0.29) is 5.56 Å². The number of rotatable bonds is 25. The van der Waals surface area contributed by atoms with E-state index < -0.39 is 183 Å². The van der Waals surface area contributed by atoms with Crippen LogP contribution in [0.3, 0.4) is 0 Å². The van der Waals surface area contributed by atoms with Crippen molar-refractivity contribution in [1.29, 1.82) is 0 Å². The maximum atomic E-state index is 13.8. The molecule has 0 spiro atoms. The third-order valence-corrected chi connectivity index (χ3v) is 13.4. The van der Waals surface area contributed by atoms with Gasteiger partial charge in [0.2, 0.25) is 17.7 Å². The standard InChI is InChI=1S/C48H74N4O24S/c1-5-6-7-8-9-10-11-12-13-17-68-28-16-14-15-27(18-28)45(64)52-34-39(61)38(60)30(19-53)71-46(34)74-42-31(20-54)72-47(35(40(42)62)50-25(3)57)75-43-32(21-55)73-48(36(41(43)63)51-26(4)58)76-44-33(23-70-77(65,66)67)69-22-29(37(44)59)49-24(2)56/h14-16,18,29-44,46-48,53-55,59-63H,5-9,12-13,17,19-23H2,1-4H3,(H,49,56)(H,50,57)(H,51,58)(H,52,64)(H,65,66,67)/t29?,30?,31-,32?,33-,34-,35?,36-,37?,38+,39+,40?,41+,42+,43?,44+,46?,47?,48-/m0/s1.